The molecule has 6 nitrogen and oxygen atoms in total. The summed E-state index contributed by atoms with van der Waals surface area (Å²) >= 11 is 0. The van der Waals surface area contributed by atoms with Gasteiger partial charge in [-0.25, -0.2) is 9.47 Å². The summed E-state index contributed by atoms with van der Waals surface area (Å²) in [5.74, 6) is -16.6. The van der Waals surface area contributed by atoms with Crippen LogP contribution in [0.1, 0.15) is 0 Å². The molecule has 43 heavy (non-hydrogen) atoms. The largest absolute Gasteiger partial charge is 0.543 e. The van der Waals surface area contributed by atoms with E-state index in [-0.39, 0.29) is 0 Å². The summed E-state index contributed by atoms with van der Waals surface area (Å²) < 4.78 is 318. The first-order valence-corrected chi connectivity index (χ1v) is 8.49. The second-order valence-corrected chi connectivity index (χ2v) is 6.29. The Bertz CT molecular complexity index is 1040. The molecular weight excluding hydrogens is 708 g/mol. The topological polar surface area (TPSA) is 55.4 Å². The van der Waals surface area contributed by atoms with Crippen molar-refractivity contribution in [1.82, 2.24) is 0 Å². The third kappa shape index (κ3) is 9.61. The molecule has 0 saturated heterocycles. The first-order valence-electron chi connectivity index (χ1n) is 8.49. The standard InChI is InChI=1S/C13F24O6/c14-1(15)3(18)38-9(28,29)5(20,7(22,23)24)40-10(30,31)6(21,8(25,26)27)41-12(34,35)43-13(36,37)42-11(32,33)39-4(19)2(16)17. The van der Waals surface area contributed by atoms with Gasteiger partial charge in [0.25, 0.3) is 0 Å². The molecule has 30 heteroatoms. The molecule has 0 aromatic rings. The fraction of sp³-hybridized carbons (Fsp3) is 0.692. The van der Waals surface area contributed by atoms with E-state index in [9.17, 15) is 105 Å². The summed E-state index contributed by atoms with van der Waals surface area (Å²) in [6.45, 7) is 0. The van der Waals surface area contributed by atoms with Gasteiger partial charge in [-0.2, -0.15) is 83.8 Å². The molecule has 2 unspecified atom stereocenters. The highest BCUT2D eigenvalue weighted by atomic mass is 19.4. The van der Waals surface area contributed by atoms with Gasteiger partial charge in [0.2, 0.25) is 0 Å². The number of hydrogen-bond acceptors (Lipinski definition) is 6. The molecule has 0 radical (unpaired) electrons. The van der Waals surface area contributed by atoms with Crippen molar-refractivity contribution >= 4 is 0 Å². The lowest BCUT2D eigenvalue weighted by Crippen LogP contribution is -2.68. The van der Waals surface area contributed by atoms with E-state index in [0.29, 0.717) is 0 Å². The van der Waals surface area contributed by atoms with E-state index in [1.54, 1.807) is 9.47 Å². The summed E-state index contributed by atoms with van der Waals surface area (Å²) in [5.41, 5.74) is 0. The molecule has 0 aliphatic rings. The van der Waals surface area contributed by atoms with Gasteiger partial charge in [0.15, 0.2) is 0 Å². The molecule has 0 heterocycles. The van der Waals surface area contributed by atoms with Gasteiger partial charge in [0.05, 0.1) is 0 Å². The second kappa shape index (κ2) is 12.0. The van der Waals surface area contributed by atoms with Gasteiger partial charge in [-0.1, -0.05) is 0 Å². The van der Waals surface area contributed by atoms with E-state index in [1.165, 1.54) is 14.2 Å². The van der Waals surface area contributed by atoms with Gasteiger partial charge in [0.1, 0.15) is 0 Å². The van der Waals surface area contributed by atoms with Crippen molar-refractivity contribution in [3.8, 4) is 0 Å². The number of ether oxygens (including phenoxy) is 6. The fourth-order valence-electron chi connectivity index (χ4n) is 1.67. The Kier molecular flexibility index (Phi) is 11.2. The minimum Gasteiger partial charge on any atom is -0.398 e. The number of halogens is 24. The number of alkyl halides is 18. The van der Waals surface area contributed by atoms with Gasteiger partial charge < -0.3 is 9.47 Å². The van der Waals surface area contributed by atoms with Crippen LogP contribution in [0, 0.1) is 0 Å². The third-order valence-electron chi connectivity index (χ3n) is 3.20. The Morgan fingerprint density at radius 3 is 0.977 bits per heavy atom. The lowest BCUT2D eigenvalue weighted by Gasteiger charge is -2.40. The lowest BCUT2D eigenvalue weighted by molar-refractivity contribution is -0.616. The first-order chi connectivity index (χ1) is 18.5. The Morgan fingerprint density at radius 2 is 0.628 bits per heavy atom. The van der Waals surface area contributed by atoms with E-state index >= 15 is 0 Å². The highest BCUT2D eigenvalue weighted by Gasteiger charge is 2.85. The van der Waals surface area contributed by atoms with E-state index in [2.05, 4.69) is 0 Å². The van der Waals surface area contributed by atoms with Crippen molar-refractivity contribution in [2.75, 3.05) is 0 Å². The van der Waals surface area contributed by atoms with Gasteiger partial charge in [-0.05, 0) is 0 Å². The Labute approximate surface area is 214 Å². The van der Waals surface area contributed by atoms with Crippen LogP contribution in [0.3, 0.4) is 0 Å². The molecular formula is C13F24O6. The van der Waals surface area contributed by atoms with Crippen LogP contribution in [0.15, 0.2) is 24.2 Å². The van der Waals surface area contributed by atoms with Gasteiger partial charge in [-0.15, -0.1) is 26.3 Å². The predicted octanol–water partition coefficient (Wildman–Crippen LogP) is 8.45. The average molecular weight is 708 g/mol. The van der Waals surface area contributed by atoms with Gasteiger partial charge in [0, 0.05) is 0 Å². The molecule has 0 amide bonds. The van der Waals surface area contributed by atoms with E-state index in [4.69, 9.17) is 0 Å². The summed E-state index contributed by atoms with van der Waals surface area (Å²) in [4.78, 5) is 0. The molecule has 0 bridgehead atoms. The van der Waals surface area contributed by atoms with E-state index in [0.717, 1.165) is 0 Å². The SMILES string of the molecule is FC(F)=C(F)OC(F)(F)OC(F)(F)OC(F)(F)OC(F)(C(F)(F)F)C(F)(F)OC(F)(C(F)(F)F)C(F)(F)OC(F)=C(F)F. The van der Waals surface area contributed by atoms with Gasteiger partial charge in [-0.3, -0.25) is 4.74 Å². The molecule has 256 valence electrons. The lowest BCUT2D eigenvalue weighted by atomic mass is 10.2. The minimum absolute atomic E-state index is 1.23. The molecule has 0 spiro atoms. The molecule has 0 rings (SSSR count). The zero-order chi connectivity index (χ0) is 35.1. The first kappa shape index (κ1) is 40.2. The van der Waals surface area contributed by atoms with E-state index < -0.39 is 79.4 Å². The maximum Gasteiger partial charge on any atom is 0.543 e. The van der Waals surface area contributed by atoms with Crippen LogP contribution in [-0.4, -0.2) is 55.2 Å². The molecule has 0 aliphatic carbocycles. The maximum atomic E-state index is 14.0. The molecule has 0 aromatic carbocycles. The normalized spacial score (nSPS) is 17.1. The fourth-order valence-corrected chi connectivity index (χ4v) is 1.67. The summed E-state index contributed by atoms with van der Waals surface area (Å²) in [7, 11) is 0. The minimum atomic E-state index is -8.49. The highest BCUT2D eigenvalue weighted by molar-refractivity contribution is 4.96. The highest BCUT2D eigenvalue weighted by Crippen LogP contribution is 2.56. The molecule has 0 aromatic heterocycles. The van der Waals surface area contributed by atoms with Crippen molar-refractivity contribution in [3.05, 3.63) is 24.2 Å². The zero-order valence-corrected chi connectivity index (χ0v) is 18.0. The van der Waals surface area contributed by atoms with Crippen LogP contribution in [0.4, 0.5) is 105 Å². The second-order valence-electron chi connectivity index (χ2n) is 6.29. The Balaban J connectivity index is 6.68. The Morgan fingerprint density at radius 1 is 0.326 bits per heavy atom. The summed E-state index contributed by atoms with van der Waals surface area (Å²) in [5, 5.41) is 0. The summed E-state index contributed by atoms with van der Waals surface area (Å²) in [6, 6.07) is -8.15. The quantitative estimate of drug-likeness (QED) is 0.103. The third-order valence-corrected chi connectivity index (χ3v) is 3.20. The Hall–Kier alpha value is -2.76. The van der Waals surface area contributed by atoms with Crippen molar-refractivity contribution in [3.63, 3.8) is 0 Å². The molecule has 0 N–H and O–H groups in total. The average Bonchev–Trinajstić information content (AvgIpc) is 2.68. The van der Waals surface area contributed by atoms with Crippen LogP contribution in [-0.2, 0) is 28.4 Å². The predicted molar refractivity (Wildman–Crippen MR) is 71.7 cm³/mol. The van der Waals surface area contributed by atoms with Crippen LogP contribution in [0.2, 0.25) is 0 Å². The smallest absolute Gasteiger partial charge is 0.398 e. The van der Waals surface area contributed by atoms with Crippen LogP contribution >= 0.6 is 0 Å². The number of rotatable bonds is 14. The van der Waals surface area contributed by atoms with Crippen LogP contribution in [0.5, 0.6) is 0 Å². The van der Waals surface area contributed by atoms with Crippen molar-refractivity contribution in [2.24, 2.45) is 0 Å². The molecule has 0 fully saturated rings. The van der Waals surface area contributed by atoms with Crippen LogP contribution < -0.4 is 0 Å². The zero-order valence-electron chi connectivity index (χ0n) is 18.0. The van der Waals surface area contributed by atoms with Crippen LogP contribution in [0.25, 0.3) is 0 Å². The molecule has 0 saturated carbocycles. The van der Waals surface area contributed by atoms with Crippen molar-refractivity contribution in [2.45, 2.75) is 55.2 Å². The van der Waals surface area contributed by atoms with Gasteiger partial charge >= 0.3 is 79.4 Å². The molecule has 0 aliphatic heterocycles. The summed E-state index contributed by atoms with van der Waals surface area (Å²) in [6.07, 6.45) is -62.4. The van der Waals surface area contributed by atoms with Crippen molar-refractivity contribution in [1.29, 1.82) is 0 Å². The monoisotopic (exact) mass is 708 g/mol. The maximum absolute atomic E-state index is 14.0. The molecule has 2 atom stereocenters. The number of hydrogen-bond donors (Lipinski definition) is 0. The van der Waals surface area contributed by atoms with Crippen molar-refractivity contribution < 1.29 is 134 Å². The van der Waals surface area contributed by atoms with E-state index in [1.807, 2.05) is 4.74 Å².